The van der Waals surface area contributed by atoms with Crippen molar-refractivity contribution in [2.45, 2.75) is 39.0 Å². The quantitative estimate of drug-likeness (QED) is 0.890. The van der Waals surface area contributed by atoms with Gasteiger partial charge in [0.15, 0.2) is 5.69 Å². The number of hydrogen-bond acceptors (Lipinski definition) is 2. The summed E-state index contributed by atoms with van der Waals surface area (Å²) in [6.07, 6.45) is -2.52. The molecule has 0 aliphatic rings. The fourth-order valence-corrected chi connectivity index (χ4v) is 1.44. The highest BCUT2D eigenvalue weighted by molar-refractivity contribution is 5.72. The van der Waals surface area contributed by atoms with E-state index in [0.29, 0.717) is 6.42 Å². The second-order valence-corrected chi connectivity index (χ2v) is 3.68. The summed E-state index contributed by atoms with van der Waals surface area (Å²) in [6, 6.07) is 0.893. The molecular formula is C10H14F3N3O. The number of carbonyl (C=O) groups excluding carboxylic acids is 1. The van der Waals surface area contributed by atoms with Crippen molar-refractivity contribution >= 4 is 5.91 Å². The highest BCUT2D eigenvalue weighted by atomic mass is 19.4. The van der Waals surface area contributed by atoms with Crippen LogP contribution in [0, 0.1) is 0 Å². The number of alkyl halides is 3. The van der Waals surface area contributed by atoms with Crippen LogP contribution in [0.4, 0.5) is 13.2 Å². The van der Waals surface area contributed by atoms with Gasteiger partial charge in [0.2, 0.25) is 5.91 Å². The number of nitrogens with one attached hydrogen (secondary N) is 1. The highest BCUT2D eigenvalue weighted by Crippen LogP contribution is 2.28. The van der Waals surface area contributed by atoms with Crippen LogP contribution in [0.5, 0.6) is 0 Å². The predicted octanol–water partition coefficient (Wildman–Crippen LogP) is 2.34. The molecule has 1 rings (SSSR count). The molecule has 7 heteroatoms. The summed E-state index contributed by atoms with van der Waals surface area (Å²) in [5, 5.41) is 5.99. The Kier molecular flexibility index (Phi) is 4.14. The number of carbonyl (C=O) groups is 1. The number of aromatic nitrogens is 2. The average Bonchev–Trinajstić information content (AvgIpc) is 2.64. The van der Waals surface area contributed by atoms with Gasteiger partial charge in [-0.1, -0.05) is 13.3 Å². The predicted molar refractivity (Wildman–Crippen MR) is 55.0 cm³/mol. The van der Waals surface area contributed by atoms with Gasteiger partial charge in [0.05, 0.1) is 0 Å². The first kappa shape index (κ1) is 13.5. The summed E-state index contributed by atoms with van der Waals surface area (Å²) in [5.74, 6) is -0.299. The number of halogens is 3. The molecule has 0 fully saturated rings. The summed E-state index contributed by atoms with van der Waals surface area (Å²) in [7, 11) is 0. The molecule has 0 saturated heterocycles. The molecule has 1 N–H and O–H groups in total. The molecule has 0 spiro atoms. The Morgan fingerprint density at radius 1 is 1.59 bits per heavy atom. The molecule has 17 heavy (non-hydrogen) atoms. The second-order valence-electron chi connectivity index (χ2n) is 3.68. The van der Waals surface area contributed by atoms with Crippen molar-refractivity contribution in [3.05, 3.63) is 18.0 Å². The summed E-state index contributed by atoms with van der Waals surface area (Å²) >= 11 is 0. The van der Waals surface area contributed by atoms with Gasteiger partial charge in [0.25, 0.3) is 0 Å². The summed E-state index contributed by atoms with van der Waals surface area (Å²) in [4.78, 5) is 10.9. The lowest BCUT2D eigenvalue weighted by Crippen LogP contribution is -2.31. The van der Waals surface area contributed by atoms with Crippen molar-refractivity contribution in [1.82, 2.24) is 15.1 Å². The Labute approximate surface area is 96.8 Å². The Hall–Kier alpha value is -1.53. The first-order valence-corrected chi connectivity index (χ1v) is 5.24. The van der Waals surface area contributed by atoms with Crippen LogP contribution >= 0.6 is 0 Å². The van der Waals surface area contributed by atoms with Crippen LogP contribution in [0.2, 0.25) is 0 Å². The summed E-state index contributed by atoms with van der Waals surface area (Å²) in [6.45, 7) is 3.19. The Morgan fingerprint density at radius 2 is 2.24 bits per heavy atom. The molecule has 1 heterocycles. The standard InChI is InChI=1S/C10H14F3N3O/c1-3-4-9(14-7(2)17)16-6-5-8(15-16)10(11,12)13/h5-6,9H,3-4H2,1-2H3,(H,14,17). The van der Waals surface area contributed by atoms with Crippen molar-refractivity contribution in [1.29, 1.82) is 0 Å². The zero-order valence-corrected chi connectivity index (χ0v) is 9.58. The first-order valence-electron chi connectivity index (χ1n) is 5.24. The zero-order valence-electron chi connectivity index (χ0n) is 9.58. The minimum atomic E-state index is -4.46. The van der Waals surface area contributed by atoms with Crippen molar-refractivity contribution in [2.75, 3.05) is 0 Å². The van der Waals surface area contributed by atoms with Gasteiger partial charge in [-0.3, -0.25) is 4.79 Å². The van der Waals surface area contributed by atoms with Crippen molar-refractivity contribution in [3.63, 3.8) is 0 Å². The van der Waals surface area contributed by atoms with Crippen LogP contribution in [-0.2, 0) is 11.0 Å². The van der Waals surface area contributed by atoms with Gasteiger partial charge in [-0.2, -0.15) is 18.3 Å². The van der Waals surface area contributed by atoms with Gasteiger partial charge in [-0.25, -0.2) is 4.68 Å². The van der Waals surface area contributed by atoms with Crippen LogP contribution in [0.1, 0.15) is 38.5 Å². The van der Waals surface area contributed by atoms with Gasteiger partial charge in [0, 0.05) is 13.1 Å². The third-order valence-corrected chi connectivity index (χ3v) is 2.15. The Bertz CT molecular complexity index is 386. The molecule has 1 amide bonds. The van der Waals surface area contributed by atoms with E-state index in [1.165, 1.54) is 13.1 Å². The van der Waals surface area contributed by atoms with Gasteiger partial charge in [0.1, 0.15) is 6.17 Å². The van der Waals surface area contributed by atoms with Crippen molar-refractivity contribution in [3.8, 4) is 0 Å². The smallest absolute Gasteiger partial charge is 0.334 e. The van der Waals surface area contributed by atoms with E-state index >= 15 is 0 Å². The minimum Gasteiger partial charge on any atom is -0.334 e. The van der Waals surface area contributed by atoms with Crippen LogP contribution in [0.3, 0.4) is 0 Å². The van der Waals surface area contributed by atoms with Crippen LogP contribution in [0.25, 0.3) is 0 Å². The van der Waals surface area contributed by atoms with E-state index in [9.17, 15) is 18.0 Å². The molecule has 0 bridgehead atoms. The summed E-state index contributed by atoms with van der Waals surface area (Å²) in [5.41, 5.74) is -0.955. The molecule has 4 nitrogen and oxygen atoms in total. The van der Waals surface area contributed by atoms with Crippen molar-refractivity contribution in [2.24, 2.45) is 0 Å². The van der Waals surface area contributed by atoms with E-state index in [2.05, 4.69) is 10.4 Å². The number of hydrogen-bond donors (Lipinski definition) is 1. The average molecular weight is 249 g/mol. The van der Waals surface area contributed by atoms with Gasteiger partial charge in [-0.05, 0) is 12.5 Å². The lowest BCUT2D eigenvalue weighted by atomic mass is 10.3. The molecule has 1 aromatic heterocycles. The maximum Gasteiger partial charge on any atom is 0.435 e. The third-order valence-electron chi connectivity index (χ3n) is 2.15. The third kappa shape index (κ3) is 3.76. The number of amides is 1. The minimum absolute atomic E-state index is 0.299. The van der Waals surface area contributed by atoms with Crippen LogP contribution < -0.4 is 5.32 Å². The first-order chi connectivity index (χ1) is 7.84. The van der Waals surface area contributed by atoms with Crippen molar-refractivity contribution < 1.29 is 18.0 Å². The molecule has 0 aliphatic carbocycles. The van der Waals surface area contributed by atoms with Gasteiger partial charge < -0.3 is 5.32 Å². The topological polar surface area (TPSA) is 46.9 Å². The molecule has 0 saturated carbocycles. The van der Waals surface area contributed by atoms with Gasteiger partial charge >= 0.3 is 6.18 Å². The van der Waals surface area contributed by atoms with E-state index in [0.717, 1.165) is 17.2 Å². The van der Waals surface area contributed by atoms with E-state index in [-0.39, 0.29) is 5.91 Å². The number of rotatable bonds is 4. The molecule has 1 atom stereocenters. The monoisotopic (exact) mass is 249 g/mol. The maximum absolute atomic E-state index is 12.3. The molecule has 0 aromatic carbocycles. The zero-order chi connectivity index (χ0) is 13.1. The lowest BCUT2D eigenvalue weighted by molar-refractivity contribution is -0.141. The molecule has 0 aliphatic heterocycles. The fraction of sp³-hybridized carbons (Fsp3) is 0.600. The van der Waals surface area contributed by atoms with E-state index in [1.807, 2.05) is 6.92 Å². The highest BCUT2D eigenvalue weighted by Gasteiger charge is 2.34. The van der Waals surface area contributed by atoms with Crippen LogP contribution in [-0.4, -0.2) is 15.7 Å². The molecular weight excluding hydrogens is 235 g/mol. The maximum atomic E-state index is 12.3. The molecule has 0 radical (unpaired) electrons. The largest absolute Gasteiger partial charge is 0.435 e. The van der Waals surface area contributed by atoms with E-state index in [4.69, 9.17) is 0 Å². The van der Waals surface area contributed by atoms with Gasteiger partial charge in [-0.15, -0.1) is 0 Å². The molecule has 96 valence electrons. The SMILES string of the molecule is CCCC(NC(C)=O)n1ccc(C(F)(F)F)n1. The number of nitrogens with zero attached hydrogens (tertiary/aromatic N) is 2. The Morgan fingerprint density at radius 3 is 2.65 bits per heavy atom. The summed E-state index contributed by atoms with van der Waals surface area (Å²) < 4.78 is 38.2. The Balaban J connectivity index is 2.87. The van der Waals surface area contributed by atoms with E-state index in [1.54, 1.807) is 0 Å². The lowest BCUT2D eigenvalue weighted by Gasteiger charge is -2.17. The molecule has 1 aromatic rings. The van der Waals surface area contributed by atoms with E-state index < -0.39 is 18.0 Å². The normalized spacial score (nSPS) is 13.5. The molecule has 1 unspecified atom stereocenters. The fourth-order valence-electron chi connectivity index (χ4n) is 1.44. The second kappa shape index (κ2) is 5.20. The van der Waals surface area contributed by atoms with Crippen LogP contribution in [0.15, 0.2) is 12.3 Å².